The number of aromatic carboxylic acids is 1. The lowest BCUT2D eigenvalue weighted by Crippen LogP contribution is -2.13. The number of hydrogen-bond acceptors (Lipinski definition) is 4. The van der Waals surface area contributed by atoms with Crippen LogP contribution < -0.4 is 5.32 Å². The molecular weight excluding hydrogens is 272 g/mol. The van der Waals surface area contributed by atoms with E-state index < -0.39 is 5.97 Å². The van der Waals surface area contributed by atoms with Crippen molar-refractivity contribution in [3.05, 3.63) is 53.9 Å². The number of benzene rings is 1. The van der Waals surface area contributed by atoms with Crippen LogP contribution in [0.1, 0.15) is 22.3 Å². The Morgan fingerprint density at radius 1 is 1.24 bits per heavy atom. The van der Waals surface area contributed by atoms with E-state index >= 15 is 0 Å². The second kappa shape index (κ2) is 6.51. The number of rotatable bonds is 5. The molecule has 0 radical (unpaired) electrons. The lowest BCUT2D eigenvalue weighted by Gasteiger charge is -2.07. The number of nitrogens with one attached hydrogen (secondary N) is 1. The average Bonchev–Trinajstić information content (AvgIpc) is 2.48. The van der Waals surface area contributed by atoms with Crippen molar-refractivity contribution in [3.63, 3.8) is 0 Å². The van der Waals surface area contributed by atoms with Gasteiger partial charge in [0.15, 0.2) is 0 Å². The number of hydrogen-bond donors (Lipinski definition) is 3. The number of carbonyl (C=O) groups excluding carboxylic acids is 1. The molecule has 0 fully saturated rings. The van der Waals surface area contributed by atoms with Crippen molar-refractivity contribution in [2.24, 2.45) is 0 Å². The summed E-state index contributed by atoms with van der Waals surface area (Å²) in [6.45, 7) is 0. The predicted molar refractivity (Wildman–Crippen MR) is 76.3 cm³/mol. The number of aromatic hydroxyl groups is 1. The van der Waals surface area contributed by atoms with Crippen molar-refractivity contribution in [1.82, 2.24) is 4.98 Å². The Hall–Kier alpha value is -2.89. The van der Waals surface area contributed by atoms with Gasteiger partial charge in [-0.05, 0) is 36.2 Å². The molecule has 0 aliphatic heterocycles. The Bertz CT molecular complexity index is 656. The first-order valence-electron chi connectivity index (χ1n) is 6.31. The van der Waals surface area contributed by atoms with Gasteiger partial charge in [0, 0.05) is 24.5 Å². The van der Waals surface area contributed by atoms with E-state index in [1.165, 1.54) is 18.2 Å². The van der Waals surface area contributed by atoms with Gasteiger partial charge in [0.1, 0.15) is 11.3 Å². The number of nitrogens with zero attached hydrogens (tertiary/aromatic N) is 1. The number of pyridine rings is 1. The predicted octanol–water partition coefficient (Wildman–Crippen LogP) is 2.06. The highest BCUT2D eigenvalue weighted by molar-refractivity contribution is 5.95. The van der Waals surface area contributed by atoms with E-state index in [2.05, 4.69) is 10.3 Å². The molecule has 1 amide bonds. The SMILES string of the molecule is O=C(CCc1cccnc1)Nc1ccc(O)c(C(=O)O)c1. The highest BCUT2D eigenvalue weighted by Gasteiger charge is 2.11. The van der Waals surface area contributed by atoms with Crippen molar-refractivity contribution in [3.8, 4) is 5.75 Å². The zero-order chi connectivity index (χ0) is 15.2. The van der Waals surface area contributed by atoms with Crippen molar-refractivity contribution in [2.45, 2.75) is 12.8 Å². The normalized spacial score (nSPS) is 10.1. The van der Waals surface area contributed by atoms with Crippen molar-refractivity contribution in [2.75, 3.05) is 5.32 Å². The van der Waals surface area contributed by atoms with E-state index in [4.69, 9.17) is 5.11 Å². The summed E-state index contributed by atoms with van der Waals surface area (Å²) in [6, 6.07) is 7.58. The number of carbonyl (C=O) groups is 2. The van der Waals surface area contributed by atoms with Gasteiger partial charge in [-0.3, -0.25) is 9.78 Å². The molecule has 0 saturated heterocycles. The molecule has 21 heavy (non-hydrogen) atoms. The summed E-state index contributed by atoms with van der Waals surface area (Å²) >= 11 is 0. The van der Waals surface area contributed by atoms with E-state index in [0.29, 0.717) is 12.1 Å². The molecule has 2 rings (SSSR count). The van der Waals surface area contributed by atoms with Crippen LogP contribution in [-0.4, -0.2) is 27.1 Å². The second-order valence-corrected chi connectivity index (χ2v) is 4.45. The van der Waals surface area contributed by atoms with Gasteiger partial charge in [0.05, 0.1) is 0 Å². The minimum Gasteiger partial charge on any atom is -0.507 e. The molecule has 1 heterocycles. The van der Waals surface area contributed by atoms with Crippen LogP contribution in [0, 0.1) is 0 Å². The van der Waals surface area contributed by atoms with Crippen LogP contribution in [0.25, 0.3) is 0 Å². The third-order valence-corrected chi connectivity index (χ3v) is 2.87. The number of amides is 1. The first kappa shape index (κ1) is 14.5. The second-order valence-electron chi connectivity index (χ2n) is 4.45. The minimum absolute atomic E-state index is 0.235. The van der Waals surface area contributed by atoms with E-state index in [-0.39, 0.29) is 23.6 Å². The summed E-state index contributed by atoms with van der Waals surface area (Å²) in [5.74, 6) is -1.82. The van der Waals surface area contributed by atoms with Crippen molar-refractivity contribution >= 4 is 17.6 Å². The topological polar surface area (TPSA) is 99.5 Å². The van der Waals surface area contributed by atoms with Crippen LogP contribution in [0.3, 0.4) is 0 Å². The molecule has 0 bridgehead atoms. The van der Waals surface area contributed by atoms with Gasteiger partial charge in [-0.2, -0.15) is 0 Å². The van der Waals surface area contributed by atoms with E-state index in [1.807, 2.05) is 6.07 Å². The summed E-state index contributed by atoms with van der Waals surface area (Å²) in [5, 5.41) is 20.9. The Morgan fingerprint density at radius 2 is 2.05 bits per heavy atom. The van der Waals surface area contributed by atoms with Crippen molar-refractivity contribution in [1.29, 1.82) is 0 Å². The lowest BCUT2D eigenvalue weighted by molar-refractivity contribution is -0.116. The van der Waals surface area contributed by atoms with Crippen LogP contribution >= 0.6 is 0 Å². The van der Waals surface area contributed by atoms with Gasteiger partial charge < -0.3 is 15.5 Å². The number of phenols is 1. The number of carboxylic acid groups (broad SMARTS) is 1. The highest BCUT2D eigenvalue weighted by Crippen LogP contribution is 2.21. The molecule has 6 nitrogen and oxygen atoms in total. The molecule has 1 aromatic heterocycles. The molecule has 2 aromatic rings. The Labute approximate surface area is 121 Å². The lowest BCUT2D eigenvalue weighted by atomic mass is 10.1. The monoisotopic (exact) mass is 286 g/mol. The Morgan fingerprint density at radius 3 is 2.71 bits per heavy atom. The summed E-state index contributed by atoms with van der Waals surface area (Å²) in [5.41, 5.74) is 1.03. The zero-order valence-electron chi connectivity index (χ0n) is 11.1. The van der Waals surface area contributed by atoms with E-state index in [1.54, 1.807) is 18.5 Å². The summed E-state index contributed by atoms with van der Waals surface area (Å²) in [4.78, 5) is 26.7. The fourth-order valence-corrected chi connectivity index (χ4v) is 1.81. The average molecular weight is 286 g/mol. The highest BCUT2D eigenvalue weighted by atomic mass is 16.4. The molecule has 0 unspecified atom stereocenters. The molecule has 0 saturated carbocycles. The number of aryl methyl sites for hydroxylation is 1. The third-order valence-electron chi connectivity index (χ3n) is 2.87. The molecule has 0 aliphatic carbocycles. The minimum atomic E-state index is -1.25. The molecule has 0 atom stereocenters. The first-order valence-corrected chi connectivity index (χ1v) is 6.31. The quantitative estimate of drug-likeness (QED) is 0.730. The standard InChI is InChI=1S/C15H14N2O4/c18-13-5-4-11(8-12(13)15(20)21)17-14(19)6-3-10-2-1-7-16-9-10/h1-2,4-5,7-9,18H,3,6H2,(H,17,19)(H,20,21). The zero-order valence-corrected chi connectivity index (χ0v) is 11.1. The van der Waals surface area contributed by atoms with Gasteiger partial charge in [0.2, 0.25) is 5.91 Å². The van der Waals surface area contributed by atoms with Gasteiger partial charge in [0.25, 0.3) is 0 Å². The molecule has 108 valence electrons. The van der Waals surface area contributed by atoms with Crippen LogP contribution in [0.4, 0.5) is 5.69 Å². The summed E-state index contributed by atoms with van der Waals surface area (Å²) in [7, 11) is 0. The maximum Gasteiger partial charge on any atom is 0.339 e. The molecule has 1 aromatic carbocycles. The molecule has 3 N–H and O–H groups in total. The molecule has 6 heteroatoms. The summed E-state index contributed by atoms with van der Waals surface area (Å²) < 4.78 is 0. The van der Waals surface area contributed by atoms with Crippen LogP contribution in [0.15, 0.2) is 42.7 Å². The fourth-order valence-electron chi connectivity index (χ4n) is 1.81. The third kappa shape index (κ3) is 4.04. The first-order chi connectivity index (χ1) is 10.1. The number of carboxylic acids is 1. The Balaban J connectivity index is 1.97. The molecular formula is C15H14N2O4. The van der Waals surface area contributed by atoms with Gasteiger partial charge in [-0.1, -0.05) is 6.07 Å². The number of anilines is 1. The van der Waals surface area contributed by atoms with E-state index in [0.717, 1.165) is 5.56 Å². The summed E-state index contributed by atoms with van der Waals surface area (Å²) in [6.07, 6.45) is 4.16. The molecule has 0 aliphatic rings. The van der Waals surface area contributed by atoms with E-state index in [9.17, 15) is 14.7 Å². The fraction of sp³-hybridized carbons (Fsp3) is 0.133. The molecule has 0 spiro atoms. The van der Waals surface area contributed by atoms with Crippen LogP contribution in [0.5, 0.6) is 5.75 Å². The van der Waals surface area contributed by atoms with Crippen LogP contribution in [-0.2, 0) is 11.2 Å². The maximum absolute atomic E-state index is 11.8. The van der Waals surface area contributed by atoms with Crippen LogP contribution in [0.2, 0.25) is 0 Å². The van der Waals surface area contributed by atoms with Gasteiger partial charge >= 0.3 is 5.97 Å². The van der Waals surface area contributed by atoms with Gasteiger partial charge in [-0.15, -0.1) is 0 Å². The number of aromatic nitrogens is 1. The van der Waals surface area contributed by atoms with Crippen molar-refractivity contribution < 1.29 is 19.8 Å². The maximum atomic E-state index is 11.8. The largest absolute Gasteiger partial charge is 0.507 e. The van der Waals surface area contributed by atoms with Gasteiger partial charge in [-0.25, -0.2) is 4.79 Å². The smallest absolute Gasteiger partial charge is 0.339 e. The Kier molecular flexibility index (Phi) is 4.50.